The van der Waals surface area contributed by atoms with Crippen LogP contribution in [0, 0.1) is 18.3 Å². The zero-order valence-corrected chi connectivity index (χ0v) is 16.0. The molecule has 0 bridgehead atoms. The summed E-state index contributed by atoms with van der Waals surface area (Å²) in [5.74, 6) is -0.456. The Morgan fingerprint density at radius 1 is 1.38 bits per heavy atom. The minimum Gasteiger partial charge on any atom is -0.380 e. The Balaban J connectivity index is 2.41. The van der Waals surface area contributed by atoms with Gasteiger partial charge in [0.1, 0.15) is 17.7 Å². The van der Waals surface area contributed by atoms with Crippen molar-refractivity contribution in [3.05, 3.63) is 61.5 Å². The number of rotatable bonds is 5. The fraction of sp³-hybridized carbons (Fsp3) is 0.278. The van der Waals surface area contributed by atoms with Crippen molar-refractivity contribution in [3.8, 4) is 6.07 Å². The number of aromatic nitrogens is 1. The van der Waals surface area contributed by atoms with Crippen LogP contribution in [0.3, 0.4) is 0 Å². The van der Waals surface area contributed by atoms with Crippen LogP contribution in [-0.4, -0.2) is 17.6 Å². The Morgan fingerprint density at radius 3 is 2.69 bits per heavy atom. The molecule has 0 aliphatic heterocycles. The van der Waals surface area contributed by atoms with Gasteiger partial charge in [0.05, 0.1) is 17.3 Å². The zero-order valence-electron chi connectivity index (χ0n) is 14.5. The van der Waals surface area contributed by atoms with Crippen molar-refractivity contribution < 1.29 is 9.53 Å². The normalized spacial score (nSPS) is 11.7. The minimum absolute atomic E-state index is 0.0436. The molecule has 136 valence electrons. The summed E-state index contributed by atoms with van der Waals surface area (Å²) in [6, 6.07) is 7.39. The maximum atomic E-state index is 12.7. The number of pyridine rings is 1. The summed E-state index contributed by atoms with van der Waals surface area (Å²) in [7, 11) is 1.48. The van der Waals surface area contributed by atoms with Gasteiger partial charge in [-0.2, -0.15) is 5.26 Å². The highest BCUT2D eigenvalue weighted by atomic mass is 35.5. The number of methoxy groups -OCH3 is 1. The summed E-state index contributed by atoms with van der Waals surface area (Å²) in [6.07, 6.45) is 0. The molecule has 0 fully saturated rings. The molecular weight excluding hydrogens is 377 g/mol. The van der Waals surface area contributed by atoms with E-state index in [1.807, 2.05) is 6.07 Å². The number of nitrogens with one attached hydrogen (secondary N) is 1. The molecule has 2 aromatic rings. The number of aryl methyl sites for hydroxylation is 1. The molecule has 1 amide bonds. The molecule has 2 rings (SSSR count). The molecule has 0 spiro atoms. The first kappa shape index (κ1) is 20.0. The molecule has 1 N–H and O–H groups in total. The quantitative estimate of drug-likeness (QED) is 0.839. The smallest absolute Gasteiger partial charge is 0.269 e. The number of amides is 1. The van der Waals surface area contributed by atoms with Gasteiger partial charge < -0.3 is 10.1 Å². The van der Waals surface area contributed by atoms with Crippen molar-refractivity contribution in [2.45, 2.75) is 26.5 Å². The van der Waals surface area contributed by atoms with Crippen LogP contribution in [0.5, 0.6) is 0 Å². The second-order valence-electron chi connectivity index (χ2n) is 5.70. The van der Waals surface area contributed by atoms with Crippen molar-refractivity contribution in [2.24, 2.45) is 0 Å². The topological polar surface area (TPSA) is 84.1 Å². The average Bonchev–Trinajstić information content (AvgIpc) is 2.58. The predicted molar refractivity (Wildman–Crippen MR) is 101 cm³/mol. The fourth-order valence-electron chi connectivity index (χ4n) is 2.63. The Bertz CT molecular complexity index is 948. The molecule has 1 heterocycles. The summed E-state index contributed by atoms with van der Waals surface area (Å²) in [5, 5.41) is 12.7. The Kier molecular flexibility index (Phi) is 6.43. The van der Waals surface area contributed by atoms with E-state index < -0.39 is 17.5 Å². The van der Waals surface area contributed by atoms with Gasteiger partial charge in [0.15, 0.2) is 0 Å². The molecule has 0 aliphatic carbocycles. The van der Waals surface area contributed by atoms with E-state index in [9.17, 15) is 14.9 Å². The molecule has 8 heteroatoms. The number of anilines is 1. The monoisotopic (exact) mass is 393 g/mol. The lowest BCUT2D eigenvalue weighted by Gasteiger charge is -2.20. The second kappa shape index (κ2) is 8.37. The standard InChI is InChI=1S/C18H17Cl2N3O3/c1-10-6-12(9-26-3)14(8-21)18(25)23(10)11(2)17(24)22-16-7-13(19)4-5-15(16)20/h4-7,11H,9H2,1-3H3,(H,22,24)/t11-/m0/s1. The highest BCUT2D eigenvalue weighted by Crippen LogP contribution is 2.26. The lowest BCUT2D eigenvalue weighted by Crippen LogP contribution is -2.35. The van der Waals surface area contributed by atoms with Crippen LogP contribution in [0.1, 0.15) is 29.8 Å². The van der Waals surface area contributed by atoms with E-state index in [0.29, 0.717) is 27.0 Å². The van der Waals surface area contributed by atoms with Crippen LogP contribution in [0.25, 0.3) is 0 Å². The summed E-state index contributed by atoms with van der Waals surface area (Å²) < 4.78 is 6.30. The van der Waals surface area contributed by atoms with Gasteiger partial charge in [0.2, 0.25) is 5.91 Å². The van der Waals surface area contributed by atoms with Crippen molar-refractivity contribution >= 4 is 34.8 Å². The molecule has 26 heavy (non-hydrogen) atoms. The minimum atomic E-state index is -0.860. The fourth-order valence-corrected chi connectivity index (χ4v) is 2.97. The number of carbonyl (C=O) groups excluding carboxylic acids is 1. The average molecular weight is 394 g/mol. The van der Waals surface area contributed by atoms with E-state index in [1.54, 1.807) is 32.0 Å². The Morgan fingerprint density at radius 2 is 2.08 bits per heavy atom. The van der Waals surface area contributed by atoms with Gasteiger partial charge in [0.25, 0.3) is 5.56 Å². The summed E-state index contributed by atoms with van der Waals surface area (Å²) >= 11 is 12.0. The largest absolute Gasteiger partial charge is 0.380 e. The number of ether oxygens (including phenoxy) is 1. The third kappa shape index (κ3) is 4.07. The van der Waals surface area contributed by atoms with Crippen LogP contribution < -0.4 is 10.9 Å². The van der Waals surface area contributed by atoms with Crippen LogP contribution in [-0.2, 0) is 16.1 Å². The van der Waals surface area contributed by atoms with Gasteiger partial charge in [-0.3, -0.25) is 14.2 Å². The van der Waals surface area contributed by atoms with E-state index in [2.05, 4.69) is 5.32 Å². The Hall–Kier alpha value is -2.33. The van der Waals surface area contributed by atoms with E-state index >= 15 is 0 Å². The van der Waals surface area contributed by atoms with E-state index in [1.165, 1.54) is 17.7 Å². The number of hydrogen-bond donors (Lipinski definition) is 1. The Labute approximate surface area is 160 Å². The molecule has 0 saturated carbocycles. The SMILES string of the molecule is COCc1cc(C)n([C@@H](C)C(=O)Nc2cc(Cl)ccc2Cl)c(=O)c1C#N. The van der Waals surface area contributed by atoms with Crippen LogP contribution in [0.15, 0.2) is 29.1 Å². The summed E-state index contributed by atoms with van der Waals surface area (Å²) in [5.41, 5.74) is 0.788. The molecule has 1 atom stereocenters. The van der Waals surface area contributed by atoms with Gasteiger partial charge in [-0.25, -0.2) is 0 Å². The first-order valence-electron chi connectivity index (χ1n) is 7.70. The third-order valence-corrected chi connectivity index (χ3v) is 4.45. The maximum Gasteiger partial charge on any atom is 0.269 e. The molecule has 0 saturated heterocycles. The van der Waals surface area contributed by atoms with E-state index in [-0.39, 0.29) is 12.2 Å². The second-order valence-corrected chi connectivity index (χ2v) is 6.54. The first-order chi connectivity index (χ1) is 12.3. The highest BCUT2D eigenvalue weighted by Gasteiger charge is 2.22. The van der Waals surface area contributed by atoms with Crippen molar-refractivity contribution in [3.63, 3.8) is 0 Å². The van der Waals surface area contributed by atoms with Crippen LogP contribution >= 0.6 is 23.2 Å². The third-order valence-electron chi connectivity index (χ3n) is 3.88. The van der Waals surface area contributed by atoms with Crippen LogP contribution in [0.2, 0.25) is 10.0 Å². The predicted octanol–water partition coefficient (Wildman–Crippen LogP) is 3.68. The van der Waals surface area contributed by atoms with Gasteiger partial charge >= 0.3 is 0 Å². The molecule has 0 radical (unpaired) electrons. The maximum absolute atomic E-state index is 12.7. The van der Waals surface area contributed by atoms with Crippen molar-refractivity contribution in [2.75, 3.05) is 12.4 Å². The van der Waals surface area contributed by atoms with Gasteiger partial charge in [-0.15, -0.1) is 0 Å². The zero-order chi connectivity index (χ0) is 19.4. The summed E-state index contributed by atoms with van der Waals surface area (Å²) in [6.45, 7) is 3.40. The highest BCUT2D eigenvalue weighted by molar-refractivity contribution is 6.35. The first-order valence-corrected chi connectivity index (χ1v) is 8.45. The molecule has 1 aromatic carbocycles. The molecular formula is C18H17Cl2N3O3. The van der Waals surface area contributed by atoms with Crippen molar-refractivity contribution in [1.29, 1.82) is 5.26 Å². The molecule has 1 aromatic heterocycles. The van der Waals surface area contributed by atoms with E-state index in [4.69, 9.17) is 27.9 Å². The van der Waals surface area contributed by atoms with Crippen molar-refractivity contribution in [1.82, 2.24) is 4.57 Å². The number of halogens is 2. The van der Waals surface area contributed by atoms with Gasteiger partial charge in [-0.1, -0.05) is 23.2 Å². The lowest BCUT2D eigenvalue weighted by atomic mass is 10.1. The number of benzene rings is 1. The molecule has 0 unspecified atom stereocenters. The number of hydrogen-bond acceptors (Lipinski definition) is 4. The summed E-state index contributed by atoms with van der Waals surface area (Å²) in [4.78, 5) is 25.3. The lowest BCUT2D eigenvalue weighted by molar-refractivity contribution is -0.118. The number of nitrogens with zero attached hydrogens (tertiary/aromatic N) is 2. The van der Waals surface area contributed by atoms with Gasteiger partial charge in [0, 0.05) is 23.4 Å². The number of carbonyl (C=O) groups is 1. The van der Waals surface area contributed by atoms with Crippen LogP contribution in [0.4, 0.5) is 5.69 Å². The number of nitriles is 1. The van der Waals surface area contributed by atoms with Gasteiger partial charge in [-0.05, 0) is 38.1 Å². The van der Waals surface area contributed by atoms with E-state index in [0.717, 1.165) is 0 Å². The molecule has 0 aliphatic rings. The molecule has 6 nitrogen and oxygen atoms in total.